The lowest BCUT2D eigenvalue weighted by atomic mass is 10.2. The van der Waals surface area contributed by atoms with Gasteiger partial charge in [0, 0.05) is 15.2 Å². The average Bonchev–Trinajstić information content (AvgIpc) is 2.17. The zero-order valence-electron chi connectivity index (χ0n) is 12.5. The summed E-state index contributed by atoms with van der Waals surface area (Å²) in [6, 6.07) is 10.3. The van der Waals surface area contributed by atoms with Gasteiger partial charge in [-0.3, -0.25) is 0 Å². The van der Waals surface area contributed by atoms with Crippen molar-refractivity contribution in [2.45, 2.75) is 46.2 Å². The zero-order valence-corrected chi connectivity index (χ0v) is 14.5. The van der Waals surface area contributed by atoms with Crippen molar-refractivity contribution in [3.05, 3.63) is 42.0 Å². The standard InChI is InChI=1S/C9H10.C6H18Si2/c1-2-6-9-7-4-3-5-8-9;1-7(2,3)8(4,5)6/h2-8H,1H3;1-6H3. The second kappa shape index (κ2) is 6.97. The van der Waals surface area contributed by atoms with Gasteiger partial charge in [-0.05, 0) is 12.5 Å². The molecule has 0 saturated carbocycles. The van der Waals surface area contributed by atoms with Gasteiger partial charge in [0.2, 0.25) is 0 Å². The van der Waals surface area contributed by atoms with Gasteiger partial charge in [-0.25, -0.2) is 0 Å². The third-order valence-electron chi connectivity index (χ3n) is 3.41. The fourth-order valence-corrected chi connectivity index (χ4v) is 0.757. The van der Waals surface area contributed by atoms with E-state index in [1.165, 1.54) is 5.56 Å². The highest BCUT2D eigenvalue weighted by Crippen LogP contribution is 2.17. The molecule has 0 spiro atoms. The minimum absolute atomic E-state index is 0.720. The Kier molecular flexibility index (Phi) is 6.72. The largest absolute Gasteiger partial charge is 0.0871 e. The van der Waals surface area contributed by atoms with Crippen molar-refractivity contribution in [2.75, 3.05) is 0 Å². The topological polar surface area (TPSA) is 0 Å². The van der Waals surface area contributed by atoms with Gasteiger partial charge in [0.25, 0.3) is 0 Å². The van der Waals surface area contributed by atoms with Crippen molar-refractivity contribution in [3.63, 3.8) is 0 Å². The average molecular weight is 265 g/mol. The fraction of sp³-hybridized carbons (Fsp3) is 0.467. The highest BCUT2D eigenvalue weighted by atomic mass is 29.3. The third-order valence-corrected chi connectivity index (χ3v) is 21.4. The van der Waals surface area contributed by atoms with Crippen LogP contribution in [0.1, 0.15) is 12.5 Å². The van der Waals surface area contributed by atoms with Crippen LogP contribution >= 0.6 is 0 Å². The first kappa shape index (κ1) is 16.4. The molecule has 0 aliphatic heterocycles. The molecule has 0 aromatic heterocycles. The van der Waals surface area contributed by atoms with Crippen LogP contribution in [-0.4, -0.2) is 15.2 Å². The summed E-state index contributed by atoms with van der Waals surface area (Å²) in [7, 11) is -1.44. The fourth-order valence-electron chi connectivity index (χ4n) is 0.757. The summed E-state index contributed by atoms with van der Waals surface area (Å²) in [5.41, 5.74) is 1.26. The quantitative estimate of drug-likeness (QED) is 0.622. The van der Waals surface area contributed by atoms with E-state index in [1.807, 2.05) is 31.2 Å². The molecule has 0 unspecified atom stereocenters. The molecule has 1 aromatic carbocycles. The highest BCUT2D eigenvalue weighted by Gasteiger charge is 2.31. The molecule has 0 radical (unpaired) electrons. The molecule has 0 heterocycles. The van der Waals surface area contributed by atoms with E-state index >= 15 is 0 Å². The minimum Gasteiger partial charge on any atom is -0.0871 e. The van der Waals surface area contributed by atoms with Crippen molar-refractivity contribution in [1.82, 2.24) is 0 Å². The predicted molar refractivity (Wildman–Crippen MR) is 87.8 cm³/mol. The molecule has 0 aliphatic carbocycles. The Morgan fingerprint density at radius 2 is 1.18 bits per heavy atom. The molecule has 17 heavy (non-hydrogen) atoms. The molecule has 1 aromatic rings. The van der Waals surface area contributed by atoms with E-state index in [0.29, 0.717) is 0 Å². The number of benzene rings is 1. The molecule has 2 heteroatoms. The van der Waals surface area contributed by atoms with E-state index in [9.17, 15) is 0 Å². The lowest BCUT2D eigenvalue weighted by Crippen LogP contribution is -2.49. The van der Waals surface area contributed by atoms with E-state index in [0.717, 1.165) is 0 Å². The molecule has 0 aliphatic rings. The third kappa shape index (κ3) is 7.34. The second-order valence-electron chi connectivity index (χ2n) is 6.41. The lowest BCUT2D eigenvalue weighted by molar-refractivity contribution is 1.64. The minimum atomic E-state index is -0.720. The molecule has 0 fully saturated rings. The summed E-state index contributed by atoms with van der Waals surface area (Å²) in [5, 5.41) is 0. The van der Waals surface area contributed by atoms with Gasteiger partial charge in [0.15, 0.2) is 0 Å². The molecule has 0 amide bonds. The number of rotatable bonds is 2. The Bertz CT molecular complexity index is 314. The molecule has 96 valence electrons. The van der Waals surface area contributed by atoms with Crippen molar-refractivity contribution in [1.29, 1.82) is 0 Å². The van der Waals surface area contributed by atoms with E-state index < -0.39 is 15.2 Å². The first-order valence-corrected chi connectivity index (χ1v) is 14.4. The molecule has 0 bridgehead atoms. The Balaban J connectivity index is 0.000000304. The van der Waals surface area contributed by atoms with Crippen molar-refractivity contribution in [2.24, 2.45) is 0 Å². The summed E-state index contributed by atoms with van der Waals surface area (Å²) in [6.45, 7) is 16.8. The van der Waals surface area contributed by atoms with E-state index in [2.05, 4.69) is 57.5 Å². The van der Waals surface area contributed by atoms with Gasteiger partial charge in [-0.15, -0.1) is 0 Å². The van der Waals surface area contributed by atoms with Crippen LogP contribution in [0.3, 0.4) is 0 Å². The number of hydrogen-bond acceptors (Lipinski definition) is 0. The van der Waals surface area contributed by atoms with Crippen molar-refractivity contribution in [3.8, 4) is 0 Å². The van der Waals surface area contributed by atoms with Gasteiger partial charge in [-0.1, -0.05) is 81.8 Å². The lowest BCUT2D eigenvalue weighted by Gasteiger charge is -2.30. The molecular weight excluding hydrogens is 236 g/mol. The van der Waals surface area contributed by atoms with Crippen LogP contribution in [0.25, 0.3) is 6.08 Å². The first-order valence-electron chi connectivity index (χ1n) is 6.36. The Morgan fingerprint density at radius 3 is 1.47 bits per heavy atom. The van der Waals surface area contributed by atoms with Crippen LogP contribution in [0.2, 0.25) is 39.3 Å². The van der Waals surface area contributed by atoms with Crippen LogP contribution in [0, 0.1) is 0 Å². The summed E-state index contributed by atoms with van der Waals surface area (Å²) in [6.07, 6.45) is 4.12. The van der Waals surface area contributed by atoms with Gasteiger partial charge in [-0.2, -0.15) is 0 Å². The number of hydrogen-bond donors (Lipinski definition) is 0. The van der Waals surface area contributed by atoms with Crippen LogP contribution in [0.5, 0.6) is 0 Å². The highest BCUT2D eigenvalue weighted by molar-refractivity contribution is 7.39. The normalized spacial score (nSPS) is 12.2. The van der Waals surface area contributed by atoms with Gasteiger partial charge in [0.05, 0.1) is 0 Å². The molecule has 1 rings (SSSR count). The number of allylic oxidation sites excluding steroid dienone is 1. The Labute approximate surface area is 110 Å². The van der Waals surface area contributed by atoms with Gasteiger partial charge in [0.1, 0.15) is 0 Å². The smallest absolute Gasteiger partial charge is 0.0379 e. The Morgan fingerprint density at radius 1 is 0.765 bits per heavy atom. The molecule has 0 atom stereocenters. The maximum Gasteiger partial charge on any atom is 0.0379 e. The van der Waals surface area contributed by atoms with Crippen LogP contribution in [0.15, 0.2) is 36.4 Å². The summed E-state index contributed by atoms with van der Waals surface area (Å²) >= 11 is 0. The van der Waals surface area contributed by atoms with Crippen LogP contribution in [-0.2, 0) is 0 Å². The Hall–Kier alpha value is -0.606. The van der Waals surface area contributed by atoms with Crippen LogP contribution in [0.4, 0.5) is 0 Å². The monoisotopic (exact) mass is 264 g/mol. The predicted octanol–water partition coefficient (Wildman–Crippen LogP) is 5.46. The van der Waals surface area contributed by atoms with Crippen molar-refractivity contribution < 1.29 is 0 Å². The van der Waals surface area contributed by atoms with Gasteiger partial charge >= 0.3 is 0 Å². The van der Waals surface area contributed by atoms with Crippen LogP contribution < -0.4 is 0 Å². The van der Waals surface area contributed by atoms with Gasteiger partial charge < -0.3 is 0 Å². The first-order chi connectivity index (χ1) is 7.68. The second-order valence-corrected chi connectivity index (χ2v) is 24.4. The SMILES string of the molecule is CC=Cc1ccccc1.C[Si](C)(C)[Si](C)(C)C. The molecule has 0 N–H and O–H groups in total. The molecular formula is C15H28Si2. The summed E-state index contributed by atoms with van der Waals surface area (Å²) in [5.74, 6) is 0. The maximum atomic E-state index is 2.47. The zero-order chi connectivity index (χ0) is 13.5. The molecule has 0 saturated heterocycles. The van der Waals surface area contributed by atoms with E-state index in [4.69, 9.17) is 0 Å². The summed E-state index contributed by atoms with van der Waals surface area (Å²) in [4.78, 5) is 0. The summed E-state index contributed by atoms with van der Waals surface area (Å²) < 4.78 is 0. The van der Waals surface area contributed by atoms with Crippen molar-refractivity contribution >= 4 is 21.3 Å². The van der Waals surface area contributed by atoms with E-state index in [-0.39, 0.29) is 0 Å². The molecule has 0 nitrogen and oxygen atoms in total. The van der Waals surface area contributed by atoms with E-state index in [1.54, 1.807) is 0 Å². The maximum absolute atomic E-state index is 2.47.